The van der Waals surface area contributed by atoms with Gasteiger partial charge in [-0.3, -0.25) is 9.52 Å². The summed E-state index contributed by atoms with van der Waals surface area (Å²) < 4.78 is 34.6. The predicted molar refractivity (Wildman–Crippen MR) is 74.4 cm³/mol. The molecule has 0 aliphatic heterocycles. The van der Waals surface area contributed by atoms with Crippen molar-refractivity contribution >= 4 is 39.3 Å². The molecule has 0 fully saturated rings. The third-order valence-corrected chi connectivity index (χ3v) is 3.78. The van der Waals surface area contributed by atoms with Crippen molar-refractivity contribution in [3.8, 4) is 5.75 Å². The van der Waals surface area contributed by atoms with E-state index >= 15 is 0 Å². The van der Waals surface area contributed by atoms with Gasteiger partial charge in [0.1, 0.15) is 11.3 Å². The molecule has 0 saturated carbocycles. The number of benzene rings is 1. The van der Waals surface area contributed by atoms with E-state index in [-0.39, 0.29) is 22.0 Å². The van der Waals surface area contributed by atoms with Crippen LogP contribution in [0.5, 0.6) is 5.75 Å². The SMILES string of the molecule is COC(=O)CS(=O)(=O)Nc1cc(OC)c(C(=O)O)cc1Cl. The number of carboxylic acid groups (broad SMARTS) is 1. The Morgan fingerprint density at radius 1 is 1.33 bits per heavy atom. The molecule has 21 heavy (non-hydrogen) atoms. The van der Waals surface area contributed by atoms with Gasteiger partial charge in [0.2, 0.25) is 10.0 Å². The maximum atomic E-state index is 11.7. The van der Waals surface area contributed by atoms with Crippen molar-refractivity contribution < 1.29 is 32.6 Å². The zero-order valence-corrected chi connectivity index (χ0v) is 12.6. The number of halogens is 1. The Hall–Kier alpha value is -2.00. The third-order valence-electron chi connectivity index (χ3n) is 2.32. The van der Waals surface area contributed by atoms with Crippen LogP contribution in [0.4, 0.5) is 5.69 Å². The zero-order valence-electron chi connectivity index (χ0n) is 11.0. The van der Waals surface area contributed by atoms with Crippen LogP contribution in [0.3, 0.4) is 0 Å². The first kappa shape index (κ1) is 17.1. The van der Waals surface area contributed by atoms with E-state index in [0.717, 1.165) is 19.2 Å². The van der Waals surface area contributed by atoms with Crippen molar-refractivity contribution in [1.82, 2.24) is 0 Å². The van der Waals surface area contributed by atoms with Crippen LogP contribution in [0.15, 0.2) is 12.1 Å². The lowest BCUT2D eigenvalue weighted by Gasteiger charge is -2.12. The Morgan fingerprint density at radius 3 is 2.43 bits per heavy atom. The molecule has 0 amide bonds. The highest BCUT2D eigenvalue weighted by Gasteiger charge is 2.21. The summed E-state index contributed by atoms with van der Waals surface area (Å²) >= 11 is 5.82. The number of carbonyl (C=O) groups excluding carboxylic acids is 1. The number of aromatic carboxylic acids is 1. The van der Waals surface area contributed by atoms with E-state index in [1.807, 2.05) is 0 Å². The van der Waals surface area contributed by atoms with Gasteiger partial charge in [-0.25, -0.2) is 13.2 Å². The fraction of sp³-hybridized carbons (Fsp3) is 0.273. The van der Waals surface area contributed by atoms with E-state index in [2.05, 4.69) is 9.46 Å². The van der Waals surface area contributed by atoms with Gasteiger partial charge in [0.05, 0.1) is 24.9 Å². The monoisotopic (exact) mass is 337 g/mol. The van der Waals surface area contributed by atoms with Gasteiger partial charge in [0, 0.05) is 6.07 Å². The second-order valence-corrected chi connectivity index (χ2v) is 5.90. The van der Waals surface area contributed by atoms with Gasteiger partial charge in [-0.15, -0.1) is 0 Å². The zero-order chi connectivity index (χ0) is 16.2. The molecule has 0 atom stereocenters. The summed E-state index contributed by atoms with van der Waals surface area (Å²) in [6.45, 7) is 0. The summed E-state index contributed by atoms with van der Waals surface area (Å²) in [6.07, 6.45) is 0. The Bertz CT molecular complexity index is 671. The minimum atomic E-state index is -4.04. The number of carboxylic acids is 1. The second kappa shape index (κ2) is 6.64. The van der Waals surface area contributed by atoms with E-state index in [4.69, 9.17) is 21.4 Å². The van der Waals surface area contributed by atoms with E-state index in [1.165, 1.54) is 7.11 Å². The van der Waals surface area contributed by atoms with Crippen molar-refractivity contribution in [2.75, 3.05) is 24.7 Å². The lowest BCUT2D eigenvalue weighted by molar-refractivity contribution is -0.137. The lowest BCUT2D eigenvalue weighted by atomic mass is 10.2. The maximum absolute atomic E-state index is 11.7. The molecule has 2 N–H and O–H groups in total. The summed E-state index contributed by atoms with van der Waals surface area (Å²) in [7, 11) is -1.76. The van der Waals surface area contributed by atoms with Crippen LogP contribution in [0.1, 0.15) is 10.4 Å². The number of sulfonamides is 1. The number of ether oxygens (including phenoxy) is 2. The van der Waals surface area contributed by atoms with Crippen LogP contribution >= 0.6 is 11.6 Å². The molecule has 0 saturated heterocycles. The van der Waals surface area contributed by atoms with Gasteiger partial charge in [-0.1, -0.05) is 11.6 Å². The first-order valence-corrected chi connectivity index (χ1v) is 7.41. The molecule has 8 nitrogen and oxygen atoms in total. The molecule has 0 aliphatic rings. The van der Waals surface area contributed by atoms with Crippen molar-refractivity contribution in [1.29, 1.82) is 0 Å². The van der Waals surface area contributed by atoms with Gasteiger partial charge >= 0.3 is 11.9 Å². The predicted octanol–water partition coefficient (Wildman–Crippen LogP) is 0.961. The Morgan fingerprint density at radius 2 is 1.95 bits per heavy atom. The highest BCUT2D eigenvalue weighted by atomic mass is 35.5. The first-order valence-electron chi connectivity index (χ1n) is 5.38. The fourth-order valence-electron chi connectivity index (χ4n) is 1.39. The third kappa shape index (κ3) is 4.50. The normalized spacial score (nSPS) is 10.8. The second-order valence-electron chi connectivity index (χ2n) is 3.77. The number of carbonyl (C=O) groups is 2. The van der Waals surface area contributed by atoms with Gasteiger partial charge in [-0.05, 0) is 6.07 Å². The molecule has 0 aromatic heterocycles. The first-order chi connectivity index (χ1) is 9.70. The van der Waals surface area contributed by atoms with E-state index in [9.17, 15) is 18.0 Å². The molecule has 1 aromatic carbocycles. The summed E-state index contributed by atoms with van der Waals surface area (Å²) in [5.41, 5.74) is -0.333. The highest BCUT2D eigenvalue weighted by Crippen LogP contribution is 2.31. The van der Waals surface area contributed by atoms with Gasteiger partial charge in [-0.2, -0.15) is 0 Å². The number of esters is 1. The number of anilines is 1. The summed E-state index contributed by atoms with van der Waals surface area (Å²) in [5.74, 6) is -3.21. The molecule has 0 aliphatic carbocycles. The average Bonchev–Trinajstić information content (AvgIpc) is 2.39. The molecule has 0 heterocycles. The van der Waals surface area contributed by atoms with Gasteiger partial charge in [0.15, 0.2) is 5.75 Å². The molecule has 10 heteroatoms. The highest BCUT2D eigenvalue weighted by molar-refractivity contribution is 7.93. The Labute approximate surface area is 125 Å². The topological polar surface area (TPSA) is 119 Å². The quantitative estimate of drug-likeness (QED) is 0.742. The van der Waals surface area contributed by atoms with Crippen LogP contribution in [0.2, 0.25) is 5.02 Å². The average molecular weight is 338 g/mol. The smallest absolute Gasteiger partial charge is 0.339 e. The summed E-state index contributed by atoms with van der Waals surface area (Å²) in [6, 6.07) is 2.15. The lowest BCUT2D eigenvalue weighted by Crippen LogP contribution is -2.23. The minimum Gasteiger partial charge on any atom is -0.496 e. The van der Waals surface area contributed by atoms with Crippen LogP contribution < -0.4 is 9.46 Å². The van der Waals surface area contributed by atoms with Crippen molar-refractivity contribution in [3.05, 3.63) is 22.7 Å². The van der Waals surface area contributed by atoms with Crippen molar-refractivity contribution in [3.63, 3.8) is 0 Å². The number of rotatable bonds is 6. The van der Waals surface area contributed by atoms with Crippen molar-refractivity contribution in [2.24, 2.45) is 0 Å². The Kier molecular flexibility index (Phi) is 5.39. The Balaban J connectivity index is 3.15. The molecular weight excluding hydrogens is 326 g/mol. The van der Waals surface area contributed by atoms with Crippen LogP contribution in [-0.2, 0) is 19.6 Å². The molecule has 0 radical (unpaired) electrons. The minimum absolute atomic E-state index is 0.0809. The molecule has 116 valence electrons. The number of nitrogens with one attached hydrogen (secondary N) is 1. The molecule has 0 spiro atoms. The number of methoxy groups -OCH3 is 2. The van der Waals surface area contributed by atoms with Crippen LogP contribution in [-0.4, -0.2) is 45.4 Å². The summed E-state index contributed by atoms with van der Waals surface area (Å²) in [4.78, 5) is 22.0. The standard InChI is InChI=1S/C11H12ClNO7S/c1-19-9-4-8(7(12)3-6(9)11(15)16)13-21(17,18)5-10(14)20-2/h3-4,13H,5H2,1-2H3,(H,15,16). The van der Waals surface area contributed by atoms with Gasteiger partial charge < -0.3 is 14.6 Å². The molecule has 1 rings (SSSR count). The van der Waals surface area contributed by atoms with Crippen LogP contribution in [0, 0.1) is 0 Å². The molecule has 0 unspecified atom stereocenters. The van der Waals surface area contributed by atoms with E-state index < -0.39 is 27.7 Å². The van der Waals surface area contributed by atoms with E-state index in [1.54, 1.807) is 0 Å². The fourth-order valence-corrected chi connectivity index (χ4v) is 2.66. The number of hydrogen-bond donors (Lipinski definition) is 2. The van der Waals surface area contributed by atoms with Crippen LogP contribution in [0.25, 0.3) is 0 Å². The largest absolute Gasteiger partial charge is 0.496 e. The molecular formula is C11H12ClNO7S. The molecule has 0 bridgehead atoms. The van der Waals surface area contributed by atoms with Crippen molar-refractivity contribution in [2.45, 2.75) is 0 Å². The number of hydrogen-bond acceptors (Lipinski definition) is 6. The molecule has 1 aromatic rings. The van der Waals surface area contributed by atoms with Gasteiger partial charge in [0.25, 0.3) is 0 Å². The van der Waals surface area contributed by atoms with E-state index in [0.29, 0.717) is 0 Å². The summed E-state index contributed by atoms with van der Waals surface area (Å²) in [5, 5.41) is 8.81. The maximum Gasteiger partial charge on any atom is 0.339 e.